The molecule has 5 heteroatoms. The third kappa shape index (κ3) is 1.97. The van der Waals surface area contributed by atoms with Crippen molar-refractivity contribution >= 4 is 15.5 Å². The lowest BCUT2D eigenvalue weighted by Gasteiger charge is -2.02. The first kappa shape index (κ1) is 8.90. The van der Waals surface area contributed by atoms with Gasteiger partial charge in [-0.25, -0.2) is 8.42 Å². The second kappa shape index (κ2) is 2.92. The number of hydrogen-bond donors (Lipinski definition) is 1. The molecular formula is C8H12N2O2S. The molecule has 0 bridgehead atoms. The van der Waals surface area contributed by atoms with Crippen LogP contribution in [0.1, 0.15) is 0 Å². The minimum atomic E-state index is -2.91. The summed E-state index contributed by atoms with van der Waals surface area (Å²) in [5.74, 6) is 0.139. The molecule has 0 radical (unpaired) electrons. The van der Waals surface area contributed by atoms with Crippen LogP contribution in [0.3, 0.4) is 0 Å². The molecule has 0 amide bonds. The van der Waals surface area contributed by atoms with E-state index in [1.54, 1.807) is 0 Å². The second-order valence-corrected chi connectivity index (χ2v) is 5.72. The van der Waals surface area contributed by atoms with Gasteiger partial charge >= 0.3 is 0 Å². The summed E-state index contributed by atoms with van der Waals surface area (Å²) in [5, 5.41) is 3.16. The lowest BCUT2D eigenvalue weighted by molar-refractivity contribution is 0.598. The number of nitrogens with one attached hydrogen (secondary N) is 1. The molecular weight excluding hydrogens is 188 g/mol. The average molecular weight is 200 g/mol. The Kier molecular flexibility index (Phi) is 2.00. The maximum absolute atomic E-state index is 11.0. The lowest BCUT2D eigenvalue weighted by Crippen LogP contribution is -2.17. The summed E-state index contributed by atoms with van der Waals surface area (Å²) in [4.78, 5) is 4.32. The van der Waals surface area contributed by atoms with Crippen molar-refractivity contribution in [2.24, 2.45) is 4.99 Å². The summed E-state index contributed by atoms with van der Waals surface area (Å²) < 4.78 is 22.0. The van der Waals surface area contributed by atoms with E-state index < -0.39 is 9.84 Å². The van der Waals surface area contributed by atoms with Gasteiger partial charge in [0.05, 0.1) is 17.5 Å². The third-order valence-electron chi connectivity index (χ3n) is 2.17. The summed E-state index contributed by atoms with van der Waals surface area (Å²) in [6, 6.07) is -0.137. The molecule has 13 heavy (non-hydrogen) atoms. The van der Waals surface area contributed by atoms with E-state index in [1.165, 1.54) is 11.8 Å². The Bertz CT molecular complexity index is 361. The normalized spacial score (nSPS) is 27.0. The van der Waals surface area contributed by atoms with Crippen LogP contribution in [0.4, 0.5) is 0 Å². The molecule has 1 N–H and O–H groups in total. The summed E-state index contributed by atoms with van der Waals surface area (Å²) in [7, 11) is -2.91. The number of nitrogens with zero attached hydrogens (tertiary/aromatic N) is 1. The molecule has 1 saturated heterocycles. The molecule has 4 nitrogen and oxygen atoms in total. The fraction of sp³-hybridized carbons (Fsp3) is 0.625. The van der Waals surface area contributed by atoms with Gasteiger partial charge in [0.15, 0.2) is 0 Å². The number of aliphatic imine (C=N–C) groups is 1. The Morgan fingerprint density at radius 2 is 2.38 bits per heavy atom. The number of hydrogen-bond acceptors (Lipinski definition) is 4. The average Bonchev–Trinajstić information content (AvgIpc) is 2.40. The van der Waals surface area contributed by atoms with E-state index >= 15 is 0 Å². The fourth-order valence-electron chi connectivity index (χ4n) is 1.68. The van der Waals surface area contributed by atoms with Crippen LogP contribution in [0.2, 0.25) is 0 Å². The molecule has 2 rings (SSSR count). The molecule has 72 valence electrons. The minimum Gasteiger partial charge on any atom is -0.307 e. The molecule has 1 unspecified atom stereocenters. The zero-order valence-electron chi connectivity index (χ0n) is 7.45. The van der Waals surface area contributed by atoms with Gasteiger partial charge in [-0.1, -0.05) is 6.08 Å². The number of fused-ring (bicyclic) bond motifs is 1. The van der Waals surface area contributed by atoms with Crippen molar-refractivity contribution in [3.05, 3.63) is 11.6 Å². The summed E-state index contributed by atoms with van der Waals surface area (Å²) in [5.41, 5.74) is 2.21. The van der Waals surface area contributed by atoms with E-state index in [2.05, 4.69) is 10.3 Å². The lowest BCUT2D eigenvalue weighted by atomic mass is 10.2. The van der Waals surface area contributed by atoms with Gasteiger partial charge in [0.1, 0.15) is 9.84 Å². The summed E-state index contributed by atoms with van der Waals surface area (Å²) in [6.45, 7) is 1.62. The molecule has 0 aromatic rings. The van der Waals surface area contributed by atoms with Crippen molar-refractivity contribution in [2.45, 2.75) is 6.04 Å². The summed E-state index contributed by atoms with van der Waals surface area (Å²) >= 11 is 0. The first-order valence-electron chi connectivity index (χ1n) is 4.21. The molecule has 0 saturated carbocycles. The Morgan fingerprint density at radius 1 is 1.62 bits per heavy atom. The minimum absolute atomic E-state index is 0.137. The molecule has 0 aromatic carbocycles. The predicted molar refractivity (Wildman–Crippen MR) is 51.9 cm³/mol. The predicted octanol–water partition coefficient (Wildman–Crippen LogP) is -0.616. The van der Waals surface area contributed by atoms with Gasteiger partial charge in [-0.15, -0.1) is 0 Å². The van der Waals surface area contributed by atoms with Crippen LogP contribution >= 0.6 is 0 Å². The van der Waals surface area contributed by atoms with Crippen LogP contribution in [0.25, 0.3) is 0 Å². The largest absolute Gasteiger partial charge is 0.307 e. The van der Waals surface area contributed by atoms with Crippen molar-refractivity contribution < 1.29 is 8.42 Å². The zero-order chi connectivity index (χ0) is 9.47. The third-order valence-corrected chi connectivity index (χ3v) is 3.11. The van der Waals surface area contributed by atoms with Gasteiger partial charge in [-0.05, 0) is 5.57 Å². The molecule has 2 aliphatic rings. The molecule has 0 aliphatic carbocycles. The van der Waals surface area contributed by atoms with Crippen LogP contribution in [-0.2, 0) is 9.84 Å². The van der Waals surface area contributed by atoms with E-state index in [0.717, 1.165) is 18.8 Å². The van der Waals surface area contributed by atoms with Crippen molar-refractivity contribution in [3.63, 3.8) is 0 Å². The van der Waals surface area contributed by atoms with Crippen LogP contribution < -0.4 is 5.32 Å². The molecule has 2 heterocycles. The van der Waals surface area contributed by atoms with Crippen LogP contribution in [0.5, 0.6) is 0 Å². The van der Waals surface area contributed by atoms with Crippen LogP contribution in [0.15, 0.2) is 16.6 Å². The van der Waals surface area contributed by atoms with Gasteiger partial charge in [-0.2, -0.15) is 0 Å². The van der Waals surface area contributed by atoms with Crippen LogP contribution in [0, 0.1) is 0 Å². The number of sulfone groups is 1. The smallest absolute Gasteiger partial charge is 0.149 e. The van der Waals surface area contributed by atoms with Gasteiger partial charge < -0.3 is 5.32 Å². The molecule has 1 fully saturated rings. The highest BCUT2D eigenvalue weighted by Crippen LogP contribution is 2.16. The first-order valence-corrected chi connectivity index (χ1v) is 6.27. The topological polar surface area (TPSA) is 58.5 Å². The van der Waals surface area contributed by atoms with E-state index in [0.29, 0.717) is 0 Å². The van der Waals surface area contributed by atoms with Crippen molar-refractivity contribution in [2.75, 3.05) is 25.1 Å². The van der Waals surface area contributed by atoms with Gasteiger partial charge in [0, 0.05) is 19.3 Å². The van der Waals surface area contributed by atoms with E-state index in [-0.39, 0.29) is 11.8 Å². The van der Waals surface area contributed by atoms with Crippen molar-refractivity contribution in [3.8, 4) is 0 Å². The maximum Gasteiger partial charge on any atom is 0.149 e. The molecule has 1 atom stereocenters. The Balaban J connectivity index is 2.12. The molecule has 0 aromatic heterocycles. The fourth-order valence-corrected chi connectivity index (χ4v) is 2.47. The Morgan fingerprint density at radius 3 is 3.00 bits per heavy atom. The second-order valence-electron chi connectivity index (χ2n) is 3.53. The van der Waals surface area contributed by atoms with Crippen LogP contribution in [-0.4, -0.2) is 45.3 Å². The van der Waals surface area contributed by atoms with E-state index in [4.69, 9.17) is 0 Å². The monoisotopic (exact) mass is 200 g/mol. The Labute approximate surface area is 77.7 Å². The SMILES string of the molecule is CS(=O)(=O)CC1C=C2CNCC2=N1. The quantitative estimate of drug-likeness (QED) is 0.646. The van der Waals surface area contributed by atoms with Gasteiger partial charge in [0.2, 0.25) is 0 Å². The summed E-state index contributed by atoms with van der Waals surface area (Å²) in [6.07, 6.45) is 3.20. The van der Waals surface area contributed by atoms with Crippen molar-refractivity contribution in [1.29, 1.82) is 0 Å². The zero-order valence-corrected chi connectivity index (χ0v) is 8.26. The highest BCUT2D eigenvalue weighted by Gasteiger charge is 2.24. The van der Waals surface area contributed by atoms with E-state index in [1.807, 2.05) is 6.08 Å². The van der Waals surface area contributed by atoms with Gasteiger partial charge in [-0.3, -0.25) is 4.99 Å². The highest BCUT2D eigenvalue weighted by atomic mass is 32.2. The first-order chi connectivity index (χ1) is 6.04. The number of rotatable bonds is 2. The standard InChI is InChI=1S/C8H12N2O2S/c1-13(11,12)5-7-2-6-3-9-4-8(6)10-7/h2,7,9H,3-5H2,1H3. The maximum atomic E-state index is 11.0. The van der Waals surface area contributed by atoms with Gasteiger partial charge in [0.25, 0.3) is 0 Å². The van der Waals surface area contributed by atoms with E-state index in [9.17, 15) is 8.42 Å². The highest BCUT2D eigenvalue weighted by molar-refractivity contribution is 7.90. The molecule has 2 aliphatic heterocycles. The van der Waals surface area contributed by atoms with Crippen molar-refractivity contribution in [1.82, 2.24) is 5.32 Å². The Hall–Kier alpha value is -0.680. The molecule has 0 spiro atoms.